The third-order valence-electron chi connectivity index (χ3n) is 3.81. The van der Waals surface area contributed by atoms with E-state index in [0.717, 1.165) is 18.7 Å². The van der Waals surface area contributed by atoms with Crippen LogP contribution in [0.5, 0.6) is 0 Å². The van der Waals surface area contributed by atoms with E-state index in [2.05, 4.69) is 20.8 Å². The van der Waals surface area contributed by atoms with Gasteiger partial charge in [0.1, 0.15) is 5.69 Å². The van der Waals surface area contributed by atoms with Crippen molar-refractivity contribution in [3.63, 3.8) is 0 Å². The van der Waals surface area contributed by atoms with Gasteiger partial charge in [-0.05, 0) is 12.5 Å². The maximum absolute atomic E-state index is 12.1. The number of carbonyl (C=O) groups is 1. The number of nitrogens with one attached hydrogen (secondary N) is 3. The van der Waals surface area contributed by atoms with Crippen LogP contribution in [0.1, 0.15) is 28.5 Å². The van der Waals surface area contributed by atoms with E-state index in [9.17, 15) is 9.90 Å². The van der Waals surface area contributed by atoms with E-state index in [4.69, 9.17) is 4.74 Å². The van der Waals surface area contributed by atoms with Crippen LogP contribution in [0.2, 0.25) is 0 Å². The van der Waals surface area contributed by atoms with Crippen molar-refractivity contribution in [3.05, 3.63) is 17.5 Å². The minimum Gasteiger partial charge on any atom is -0.394 e. The lowest BCUT2D eigenvalue weighted by Gasteiger charge is -2.41. The molecule has 2 saturated heterocycles. The third kappa shape index (κ3) is 2.36. The Morgan fingerprint density at radius 3 is 3.05 bits per heavy atom. The maximum atomic E-state index is 12.1. The Morgan fingerprint density at radius 2 is 2.47 bits per heavy atom. The lowest BCUT2D eigenvalue weighted by molar-refractivity contribution is 0.0717. The maximum Gasteiger partial charge on any atom is 0.272 e. The molecule has 1 atom stereocenters. The molecule has 2 fully saturated rings. The molecule has 1 amide bonds. The largest absolute Gasteiger partial charge is 0.394 e. The molecule has 1 aromatic rings. The molecular formula is C12H18N4O3. The van der Waals surface area contributed by atoms with Gasteiger partial charge in [-0.3, -0.25) is 9.89 Å². The van der Waals surface area contributed by atoms with Gasteiger partial charge < -0.3 is 20.5 Å². The predicted molar refractivity (Wildman–Crippen MR) is 66.9 cm³/mol. The number of rotatable bonds is 4. The summed E-state index contributed by atoms with van der Waals surface area (Å²) in [6.07, 6.45) is 0.952. The number of carbonyl (C=O) groups excluding carboxylic acids is 1. The Balaban J connectivity index is 1.66. The van der Waals surface area contributed by atoms with Gasteiger partial charge in [0.2, 0.25) is 0 Å². The molecule has 4 N–H and O–H groups in total. The SMILES string of the molecule is O=C(NC1(CO)CNC1)c1cc(C2CCOC2)[nH]n1. The Morgan fingerprint density at radius 1 is 1.63 bits per heavy atom. The summed E-state index contributed by atoms with van der Waals surface area (Å²) in [6, 6.07) is 1.77. The van der Waals surface area contributed by atoms with Gasteiger partial charge in [0.25, 0.3) is 5.91 Å². The molecule has 19 heavy (non-hydrogen) atoms. The number of aromatic nitrogens is 2. The summed E-state index contributed by atoms with van der Waals surface area (Å²) < 4.78 is 5.32. The van der Waals surface area contributed by atoms with Crippen molar-refractivity contribution in [3.8, 4) is 0 Å². The topological polar surface area (TPSA) is 99.3 Å². The number of aliphatic hydroxyl groups is 1. The van der Waals surface area contributed by atoms with E-state index < -0.39 is 5.54 Å². The molecule has 2 aliphatic rings. The van der Waals surface area contributed by atoms with Crippen molar-refractivity contribution in [2.45, 2.75) is 17.9 Å². The smallest absolute Gasteiger partial charge is 0.272 e. The summed E-state index contributed by atoms with van der Waals surface area (Å²) in [5.74, 6) is 0.0446. The highest BCUT2D eigenvalue weighted by Gasteiger charge is 2.38. The second kappa shape index (κ2) is 4.92. The molecule has 3 rings (SSSR count). The van der Waals surface area contributed by atoms with Gasteiger partial charge in [0, 0.05) is 31.3 Å². The monoisotopic (exact) mass is 266 g/mol. The molecule has 0 aliphatic carbocycles. The first-order valence-electron chi connectivity index (χ1n) is 6.50. The first kappa shape index (κ1) is 12.6. The zero-order valence-electron chi connectivity index (χ0n) is 10.6. The molecule has 0 bridgehead atoms. The molecule has 104 valence electrons. The van der Waals surface area contributed by atoms with Crippen LogP contribution in [-0.2, 0) is 4.74 Å². The van der Waals surface area contributed by atoms with Crippen LogP contribution in [0, 0.1) is 0 Å². The van der Waals surface area contributed by atoms with Crippen LogP contribution in [0.25, 0.3) is 0 Å². The Labute approximate surface area is 110 Å². The Bertz CT molecular complexity index is 458. The van der Waals surface area contributed by atoms with Crippen molar-refractivity contribution < 1.29 is 14.6 Å². The number of hydrogen-bond donors (Lipinski definition) is 4. The number of H-pyrrole nitrogens is 1. The summed E-state index contributed by atoms with van der Waals surface area (Å²) in [7, 11) is 0. The molecule has 3 heterocycles. The molecule has 0 radical (unpaired) electrons. The zero-order chi connectivity index (χ0) is 13.3. The second-order valence-electron chi connectivity index (χ2n) is 5.27. The number of ether oxygens (including phenoxy) is 1. The second-order valence-corrected chi connectivity index (χ2v) is 5.27. The molecule has 0 spiro atoms. The summed E-state index contributed by atoms with van der Waals surface area (Å²) in [5, 5.41) is 22.1. The highest BCUT2D eigenvalue weighted by molar-refractivity contribution is 5.93. The Kier molecular flexibility index (Phi) is 3.26. The van der Waals surface area contributed by atoms with Gasteiger partial charge >= 0.3 is 0 Å². The van der Waals surface area contributed by atoms with Gasteiger partial charge in [-0.15, -0.1) is 0 Å². The fraction of sp³-hybridized carbons (Fsp3) is 0.667. The fourth-order valence-electron chi connectivity index (χ4n) is 2.41. The van der Waals surface area contributed by atoms with Gasteiger partial charge in [0.15, 0.2) is 0 Å². The lowest BCUT2D eigenvalue weighted by Crippen LogP contribution is -2.71. The van der Waals surface area contributed by atoms with Gasteiger partial charge in [0.05, 0.1) is 18.8 Å². The van der Waals surface area contributed by atoms with Crippen LogP contribution >= 0.6 is 0 Å². The number of hydrogen-bond acceptors (Lipinski definition) is 5. The predicted octanol–water partition coefficient (Wildman–Crippen LogP) is -1.02. The molecule has 0 saturated carbocycles. The van der Waals surface area contributed by atoms with E-state index in [1.54, 1.807) is 6.07 Å². The Hall–Kier alpha value is -1.44. The highest BCUT2D eigenvalue weighted by Crippen LogP contribution is 2.23. The van der Waals surface area contributed by atoms with Gasteiger partial charge in [-0.1, -0.05) is 0 Å². The van der Waals surface area contributed by atoms with Crippen molar-refractivity contribution in [2.75, 3.05) is 32.9 Å². The van der Waals surface area contributed by atoms with Gasteiger partial charge in [-0.2, -0.15) is 5.10 Å². The van der Waals surface area contributed by atoms with Crippen molar-refractivity contribution in [1.82, 2.24) is 20.8 Å². The van der Waals surface area contributed by atoms with E-state index in [1.807, 2.05) is 0 Å². The molecular weight excluding hydrogens is 248 g/mol. The zero-order valence-corrected chi connectivity index (χ0v) is 10.6. The van der Waals surface area contributed by atoms with Crippen molar-refractivity contribution >= 4 is 5.91 Å². The normalized spacial score (nSPS) is 25.0. The third-order valence-corrected chi connectivity index (χ3v) is 3.81. The van der Waals surface area contributed by atoms with E-state index in [1.165, 1.54) is 0 Å². The van der Waals surface area contributed by atoms with Crippen molar-refractivity contribution in [2.24, 2.45) is 0 Å². The van der Waals surface area contributed by atoms with E-state index in [-0.39, 0.29) is 12.5 Å². The molecule has 0 aromatic carbocycles. The molecule has 2 aliphatic heterocycles. The van der Waals surface area contributed by atoms with E-state index >= 15 is 0 Å². The quantitative estimate of drug-likeness (QED) is 0.559. The number of aromatic amines is 1. The molecule has 7 nitrogen and oxygen atoms in total. The standard InChI is InChI=1S/C12H18N4O3/c17-7-12(5-13-6-12)14-11(18)10-3-9(15-16-10)8-1-2-19-4-8/h3,8,13,17H,1-2,4-7H2,(H,14,18)(H,15,16). The number of aliphatic hydroxyl groups excluding tert-OH is 1. The van der Waals surface area contributed by atoms with Crippen LogP contribution in [-0.4, -0.2) is 59.7 Å². The first-order valence-corrected chi connectivity index (χ1v) is 6.50. The van der Waals surface area contributed by atoms with Crippen LogP contribution in [0.15, 0.2) is 6.07 Å². The fourth-order valence-corrected chi connectivity index (χ4v) is 2.41. The van der Waals surface area contributed by atoms with Crippen molar-refractivity contribution in [1.29, 1.82) is 0 Å². The highest BCUT2D eigenvalue weighted by atomic mass is 16.5. The summed E-state index contributed by atoms with van der Waals surface area (Å²) in [6.45, 7) is 2.53. The van der Waals surface area contributed by atoms with Gasteiger partial charge in [-0.25, -0.2) is 0 Å². The first-order chi connectivity index (χ1) is 9.22. The molecule has 1 aromatic heterocycles. The minimum absolute atomic E-state index is 0.0700. The van der Waals surface area contributed by atoms with Crippen LogP contribution < -0.4 is 10.6 Å². The molecule has 1 unspecified atom stereocenters. The lowest BCUT2D eigenvalue weighted by atomic mass is 9.93. The summed E-state index contributed by atoms with van der Waals surface area (Å²) in [4.78, 5) is 12.1. The average molecular weight is 266 g/mol. The van der Waals surface area contributed by atoms with Crippen LogP contribution in [0.3, 0.4) is 0 Å². The summed E-state index contributed by atoms with van der Waals surface area (Å²) in [5.41, 5.74) is 0.765. The van der Waals surface area contributed by atoms with E-state index in [0.29, 0.717) is 31.3 Å². The number of nitrogens with zero attached hydrogens (tertiary/aromatic N) is 1. The number of amides is 1. The molecule has 7 heteroatoms. The van der Waals surface area contributed by atoms with Crippen LogP contribution in [0.4, 0.5) is 0 Å². The average Bonchev–Trinajstić information content (AvgIpc) is 3.02. The minimum atomic E-state index is -0.535. The summed E-state index contributed by atoms with van der Waals surface area (Å²) >= 11 is 0.